The lowest BCUT2D eigenvalue weighted by Gasteiger charge is -2.71. The predicted molar refractivity (Wildman–Crippen MR) is 225 cm³/mol. The first kappa shape index (κ1) is 49.0. The largest absolute Gasteiger partial charge is 0.481 e. The van der Waals surface area contributed by atoms with Crippen molar-refractivity contribution in [3.05, 3.63) is 11.6 Å². The van der Waals surface area contributed by atoms with Crippen LogP contribution in [0.3, 0.4) is 0 Å². The lowest BCUT2D eigenvalue weighted by Crippen LogP contribution is -2.66. The molecule has 3 aliphatic heterocycles. The summed E-state index contributed by atoms with van der Waals surface area (Å²) in [6, 6.07) is 0. The monoisotopic (exact) mass is 913 g/mol. The Morgan fingerprint density at radius 3 is 1.88 bits per heavy atom. The Morgan fingerprint density at radius 2 is 1.23 bits per heavy atom. The fourth-order valence-corrected chi connectivity index (χ4v) is 14.7. The number of carboxylic acids is 1. The number of hydrogen-bond donors (Lipinski definition) is 10. The second-order valence-electron chi connectivity index (χ2n) is 23.1. The quantitative estimate of drug-likeness (QED) is 0.116. The van der Waals surface area contributed by atoms with E-state index in [2.05, 4.69) is 54.5 Å². The summed E-state index contributed by atoms with van der Waals surface area (Å²) in [7, 11) is 0. The van der Waals surface area contributed by atoms with Gasteiger partial charge in [0.1, 0.15) is 67.1 Å². The van der Waals surface area contributed by atoms with E-state index in [-0.39, 0.29) is 40.1 Å². The lowest BCUT2D eigenvalue weighted by atomic mass is 9.33. The van der Waals surface area contributed by atoms with Crippen LogP contribution in [0.1, 0.15) is 113 Å². The summed E-state index contributed by atoms with van der Waals surface area (Å²) in [6.07, 6.45) is -11.0. The molecule has 0 aromatic heterocycles. The molecular formula is C47H76O17. The van der Waals surface area contributed by atoms with Crippen LogP contribution in [-0.2, 0) is 33.2 Å². The summed E-state index contributed by atoms with van der Waals surface area (Å²) in [5, 5.41) is 106. The van der Waals surface area contributed by atoms with Gasteiger partial charge in [-0.2, -0.15) is 0 Å². The van der Waals surface area contributed by atoms with Crippen LogP contribution in [0.15, 0.2) is 11.6 Å². The van der Waals surface area contributed by atoms with Crippen molar-refractivity contribution >= 4 is 5.97 Å². The zero-order chi connectivity index (χ0) is 46.7. The highest BCUT2D eigenvalue weighted by Gasteiger charge is 2.69. The molecule has 0 amide bonds. The summed E-state index contributed by atoms with van der Waals surface area (Å²) < 4.78 is 35.0. The number of hydrogen-bond acceptors (Lipinski definition) is 16. The SMILES string of the molecule is CC1(C)CC[C@]2(C(=O)O)CCC3(C)C(=CCC4[C@@]5(C)CC[C@H](OC6OC(COC7OC(COC8OCC(O)C(O)C8O)C(O)C(O)C7O)C(O)C(O)C6O)C(C)(C)C5CC[C@]43C)C2C1. The zero-order valence-electron chi connectivity index (χ0n) is 38.5. The van der Waals surface area contributed by atoms with Crippen LogP contribution in [0.25, 0.3) is 0 Å². The molecule has 366 valence electrons. The molecule has 4 saturated carbocycles. The van der Waals surface area contributed by atoms with Gasteiger partial charge in [-0.3, -0.25) is 4.79 Å². The van der Waals surface area contributed by atoms with Crippen LogP contribution < -0.4 is 0 Å². The van der Waals surface area contributed by atoms with E-state index in [0.717, 1.165) is 51.4 Å². The van der Waals surface area contributed by atoms with Gasteiger partial charge in [-0.25, -0.2) is 0 Å². The first-order chi connectivity index (χ1) is 29.8. The van der Waals surface area contributed by atoms with Gasteiger partial charge < -0.3 is 79.5 Å². The van der Waals surface area contributed by atoms with Crippen LogP contribution in [0.5, 0.6) is 0 Å². The number of carbonyl (C=O) groups is 1. The van der Waals surface area contributed by atoms with Crippen LogP contribution in [0, 0.1) is 50.2 Å². The minimum atomic E-state index is -1.77. The van der Waals surface area contributed by atoms with E-state index in [1.807, 2.05) is 0 Å². The summed E-state index contributed by atoms with van der Waals surface area (Å²) in [5.41, 5.74) is 0.136. The molecule has 3 saturated heterocycles. The minimum Gasteiger partial charge on any atom is -0.481 e. The predicted octanol–water partition coefficient (Wildman–Crippen LogP) is 1.35. The van der Waals surface area contributed by atoms with Crippen molar-refractivity contribution in [3.63, 3.8) is 0 Å². The van der Waals surface area contributed by atoms with Gasteiger partial charge in [0.05, 0.1) is 31.3 Å². The molecule has 0 aromatic rings. The highest BCUT2D eigenvalue weighted by Crippen LogP contribution is 2.76. The van der Waals surface area contributed by atoms with Crippen molar-refractivity contribution in [2.75, 3.05) is 19.8 Å². The van der Waals surface area contributed by atoms with Crippen molar-refractivity contribution in [3.8, 4) is 0 Å². The molecule has 3 heterocycles. The van der Waals surface area contributed by atoms with Gasteiger partial charge in [-0.05, 0) is 109 Å². The number of ether oxygens (including phenoxy) is 6. The molecule has 18 unspecified atom stereocenters. The maximum atomic E-state index is 13.1. The molecule has 0 aromatic carbocycles. The summed E-state index contributed by atoms with van der Waals surface area (Å²) >= 11 is 0. The van der Waals surface area contributed by atoms with Gasteiger partial charge in [0, 0.05) is 0 Å². The molecule has 17 nitrogen and oxygen atoms in total. The molecule has 5 aliphatic carbocycles. The van der Waals surface area contributed by atoms with E-state index in [1.165, 1.54) is 5.57 Å². The van der Waals surface area contributed by atoms with Gasteiger partial charge in [0.2, 0.25) is 0 Å². The molecule has 8 rings (SSSR count). The number of carboxylic acid groups (broad SMARTS) is 1. The van der Waals surface area contributed by atoms with Gasteiger partial charge >= 0.3 is 5.97 Å². The molecular weight excluding hydrogens is 836 g/mol. The number of rotatable bonds is 9. The molecule has 0 radical (unpaired) electrons. The van der Waals surface area contributed by atoms with Crippen molar-refractivity contribution in [1.29, 1.82) is 0 Å². The highest BCUT2D eigenvalue weighted by molar-refractivity contribution is 5.76. The smallest absolute Gasteiger partial charge is 0.310 e. The Bertz CT molecular complexity index is 1740. The molecule has 0 spiro atoms. The molecule has 8 aliphatic rings. The lowest BCUT2D eigenvalue weighted by molar-refractivity contribution is -0.348. The minimum absolute atomic E-state index is 0.0313. The number of aliphatic carboxylic acids is 1. The van der Waals surface area contributed by atoms with Gasteiger partial charge in [0.15, 0.2) is 18.9 Å². The second kappa shape index (κ2) is 17.2. The average Bonchev–Trinajstić information content (AvgIpc) is 3.23. The van der Waals surface area contributed by atoms with Crippen molar-refractivity contribution < 1.29 is 84.3 Å². The van der Waals surface area contributed by atoms with E-state index in [1.54, 1.807) is 0 Å². The fraction of sp³-hybridized carbons (Fsp3) is 0.936. The summed E-state index contributed by atoms with van der Waals surface area (Å²) in [4.78, 5) is 13.1. The molecule has 7 fully saturated rings. The summed E-state index contributed by atoms with van der Waals surface area (Å²) in [6.45, 7) is 15.0. The molecule has 22 atom stereocenters. The average molecular weight is 913 g/mol. The Hall–Kier alpha value is -1.39. The molecule has 10 N–H and O–H groups in total. The topological polar surface area (TPSA) is 275 Å². The van der Waals surface area contributed by atoms with E-state index in [9.17, 15) is 55.9 Å². The zero-order valence-corrected chi connectivity index (χ0v) is 38.5. The van der Waals surface area contributed by atoms with Crippen LogP contribution in [0.2, 0.25) is 0 Å². The number of aliphatic hydroxyl groups is 9. The van der Waals surface area contributed by atoms with Crippen molar-refractivity contribution in [1.82, 2.24) is 0 Å². The first-order valence-corrected chi connectivity index (χ1v) is 23.7. The first-order valence-electron chi connectivity index (χ1n) is 23.7. The maximum Gasteiger partial charge on any atom is 0.310 e. The third kappa shape index (κ3) is 7.76. The Balaban J connectivity index is 0.934. The molecule has 64 heavy (non-hydrogen) atoms. The van der Waals surface area contributed by atoms with Gasteiger partial charge in [0.25, 0.3) is 0 Å². The fourth-order valence-electron chi connectivity index (χ4n) is 14.7. The molecule has 0 bridgehead atoms. The van der Waals surface area contributed by atoms with Gasteiger partial charge in [-0.1, -0.05) is 60.1 Å². The van der Waals surface area contributed by atoms with Gasteiger partial charge in [-0.15, -0.1) is 0 Å². The normalized spacial score (nSPS) is 53.5. The number of aliphatic hydroxyl groups excluding tert-OH is 9. The van der Waals surface area contributed by atoms with E-state index >= 15 is 0 Å². The van der Waals surface area contributed by atoms with Crippen LogP contribution in [0.4, 0.5) is 0 Å². The van der Waals surface area contributed by atoms with Crippen LogP contribution in [-0.4, -0.2) is 169 Å². The Morgan fingerprint density at radius 1 is 0.656 bits per heavy atom. The highest BCUT2D eigenvalue weighted by atomic mass is 16.7. The van der Waals surface area contributed by atoms with E-state index in [4.69, 9.17) is 28.4 Å². The second-order valence-corrected chi connectivity index (χ2v) is 23.1. The Kier molecular flexibility index (Phi) is 13.2. The summed E-state index contributed by atoms with van der Waals surface area (Å²) in [5.74, 6) is -0.0215. The van der Waals surface area contributed by atoms with Crippen LogP contribution >= 0.6 is 0 Å². The third-order valence-electron chi connectivity index (χ3n) is 18.9. The standard InChI is InChI=1S/C47H76O17/c1-42(2)14-16-47(41(57)58)17-15-45(6)22(23(47)18-42)8-9-28-44(5)12-11-29(43(3,4)27(44)10-13-46(28,45)7)64-40-37(56)34(53)32(51)26(63-40)21-61-39-36(55)33(52)31(50)25(62-39)20-60-38-35(54)30(49)24(48)19-59-38/h8,23-40,48-56H,9-21H2,1-7H3,(H,57,58)/t23?,24?,25?,26?,27?,28?,29-,30?,31?,32?,33?,34?,35?,36?,37?,38?,39?,40?,44-,45?,46+,47-/m0/s1. The van der Waals surface area contributed by atoms with E-state index < -0.39 is 122 Å². The number of allylic oxidation sites excluding steroid dienone is 2. The number of fused-ring (bicyclic) bond motifs is 7. The molecule has 17 heteroatoms. The third-order valence-corrected chi connectivity index (χ3v) is 18.9. The maximum absolute atomic E-state index is 13.1. The van der Waals surface area contributed by atoms with Crippen molar-refractivity contribution in [2.24, 2.45) is 50.2 Å². The van der Waals surface area contributed by atoms with Crippen molar-refractivity contribution in [2.45, 2.75) is 205 Å². The van der Waals surface area contributed by atoms with E-state index in [0.29, 0.717) is 18.8 Å². The Labute approximate surface area is 376 Å².